The lowest BCUT2D eigenvalue weighted by Crippen LogP contribution is -2.30. The molecule has 0 spiro atoms. The van der Waals surface area contributed by atoms with Gasteiger partial charge < -0.3 is 5.32 Å². The van der Waals surface area contributed by atoms with Crippen LogP contribution in [0.25, 0.3) is 0 Å². The number of amides is 2. The first-order chi connectivity index (χ1) is 14.6. The van der Waals surface area contributed by atoms with Crippen LogP contribution in [0.4, 0.5) is 5.69 Å². The molecule has 11 heteroatoms. The maximum absolute atomic E-state index is 12.5. The van der Waals surface area contributed by atoms with Crippen LogP contribution in [0.1, 0.15) is 20.7 Å². The number of halogens is 4. The van der Waals surface area contributed by atoms with Gasteiger partial charge in [0.15, 0.2) is 0 Å². The highest BCUT2D eigenvalue weighted by molar-refractivity contribution is 7.90. The van der Waals surface area contributed by atoms with Crippen molar-refractivity contribution in [1.29, 1.82) is 0 Å². The van der Waals surface area contributed by atoms with E-state index < -0.39 is 21.8 Å². The van der Waals surface area contributed by atoms with Crippen LogP contribution in [-0.4, -0.2) is 20.2 Å². The molecule has 2 N–H and O–H groups in total. The molecular formula is C20H12Cl4N2O4S. The van der Waals surface area contributed by atoms with Crippen molar-refractivity contribution in [3.05, 3.63) is 91.9 Å². The van der Waals surface area contributed by atoms with Crippen LogP contribution in [0.2, 0.25) is 20.1 Å². The minimum atomic E-state index is -4.18. The molecule has 2 amide bonds. The standard InChI is InChI=1S/C20H12Cl4N2O4S/c21-11-1-7-15(17(23)9-11)19(27)25-13-3-5-14(6-4-13)31(29,30)26-20(28)16-8-2-12(22)10-18(16)24/h1-10H,(H,25,27)(H,26,28). The first kappa shape index (κ1) is 23.4. The van der Waals surface area contributed by atoms with Gasteiger partial charge in [0.25, 0.3) is 21.8 Å². The Labute approximate surface area is 198 Å². The second-order valence-corrected chi connectivity index (χ2v) is 9.53. The first-order valence-electron chi connectivity index (χ1n) is 8.45. The molecule has 0 heterocycles. The smallest absolute Gasteiger partial charge is 0.266 e. The summed E-state index contributed by atoms with van der Waals surface area (Å²) >= 11 is 23.5. The van der Waals surface area contributed by atoms with Gasteiger partial charge in [0, 0.05) is 15.7 Å². The first-order valence-corrected chi connectivity index (χ1v) is 11.4. The highest BCUT2D eigenvalue weighted by Gasteiger charge is 2.21. The van der Waals surface area contributed by atoms with Crippen molar-refractivity contribution in [2.75, 3.05) is 5.32 Å². The van der Waals surface area contributed by atoms with Crippen molar-refractivity contribution < 1.29 is 18.0 Å². The van der Waals surface area contributed by atoms with E-state index in [9.17, 15) is 18.0 Å². The van der Waals surface area contributed by atoms with Gasteiger partial charge in [-0.05, 0) is 60.7 Å². The van der Waals surface area contributed by atoms with Gasteiger partial charge in [-0.15, -0.1) is 0 Å². The van der Waals surface area contributed by atoms with E-state index in [4.69, 9.17) is 46.4 Å². The highest BCUT2D eigenvalue weighted by Crippen LogP contribution is 2.24. The molecule has 31 heavy (non-hydrogen) atoms. The summed E-state index contributed by atoms with van der Waals surface area (Å²) in [4.78, 5) is 24.5. The van der Waals surface area contributed by atoms with Gasteiger partial charge in [0.2, 0.25) is 0 Å². The average molecular weight is 518 g/mol. The fourth-order valence-corrected chi connectivity index (χ4v) is 4.45. The van der Waals surface area contributed by atoms with Crippen molar-refractivity contribution in [1.82, 2.24) is 4.72 Å². The molecule has 0 aliphatic heterocycles. The molecule has 0 bridgehead atoms. The van der Waals surface area contributed by atoms with E-state index in [1.807, 2.05) is 4.72 Å². The Morgan fingerprint density at radius 1 is 0.677 bits per heavy atom. The van der Waals surface area contributed by atoms with Crippen LogP contribution in [-0.2, 0) is 10.0 Å². The van der Waals surface area contributed by atoms with Crippen LogP contribution in [0.15, 0.2) is 65.6 Å². The third-order valence-electron chi connectivity index (χ3n) is 4.00. The normalized spacial score (nSPS) is 11.1. The minimum Gasteiger partial charge on any atom is -0.322 e. The van der Waals surface area contributed by atoms with Gasteiger partial charge in [-0.2, -0.15) is 0 Å². The largest absolute Gasteiger partial charge is 0.322 e. The molecule has 3 aromatic carbocycles. The molecule has 0 aliphatic carbocycles. The van der Waals surface area contributed by atoms with Crippen molar-refractivity contribution >= 4 is 73.9 Å². The summed E-state index contributed by atoms with van der Waals surface area (Å²) in [5.74, 6) is -1.40. The second kappa shape index (κ2) is 9.46. The SMILES string of the molecule is O=C(Nc1ccc(S(=O)(=O)NC(=O)c2ccc(Cl)cc2Cl)cc1)c1ccc(Cl)cc1Cl. The summed E-state index contributed by atoms with van der Waals surface area (Å²) in [6.45, 7) is 0. The van der Waals surface area contributed by atoms with Crippen LogP contribution in [0.3, 0.4) is 0 Å². The number of nitrogens with one attached hydrogen (secondary N) is 2. The van der Waals surface area contributed by atoms with Gasteiger partial charge in [0.05, 0.1) is 26.1 Å². The Hall–Kier alpha value is -2.29. The zero-order valence-electron chi connectivity index (χ0n) is 15.3. The van der Waals surface area contributed by atoms with Gasteiger partial charge in [-0.25, -0.2) is 13.1 Å². The molecule has 0 aliphatic rings. The fraction of sp³-hybridized carbons (Fsp3) is 0. The van der Waals surface area contributed by atoms with E-state index in [-0.39, 0.29) is 26.1 Å². The molecule has 0 saturated carbocycles. The van der Waals surface area contributed by atoms with Crippen molar-refractivity contribution in [3.63, 3.8) is 0 Å². The van der Waals surface area contributed by atoms with E-state index >= 15 is 0 Å². The number of hydrogen-bond acceptors (Lipinski definition) is 4. The zero-order valence-corrected chi connectivity index (χ0v) is 19.2. The Bertz CT molecular complexity index is 1280. The number of sulfonamides is 1. The predicted octanol–water partition coefficient (Wildman–Crippen LogP) is 5.67. The number of carbonyl (C=O) groups excluding carboxylic acids is 2. The number of rotatable bonds is 5. The van der Waals surface area contributed by atoms with Crippen LogP contribution < -0.4 is 10.0 Å². The third-order valence-corrected chi connectivity index (χ3v) is 6.44. The van der Waals surface area contributed by atoms with Crippen molar-refractivity contribution in [2.45, 2.75) is 4.90 Å². The van der Waals surface area contributed by atoms with Gasteiger partial charge in [-0.1, -0.05) is 46.4 Å². The lowest BCUT2D eigenvalue weighted by Gasteiger charge is -2.10. The Morgan fingerprint density at radius 2 is 1.16 bits per heavy atom. The molecule has 0 fully saturated rings. The van der Waals surface area contributed by atoms with Gasteiger partial charge >= 0.3 is 0 Å². The molecule has 160 valence electrons. The summed E-state index contributed by atoms with van der Waals surface area (Å²) < 4.78 is 27.0. The Morgan fingerprint density at radius 3 is 1.65 bits per heavy atom. The monoisotopic (exact) mass is 516 g/mol. The molecule has 0 unspecified atom stereocenters. The summed E-state index contributed by atoms with van der Waals surface area (Å²) in [5, 5.41) is 3.48. The van der Waals surface area contributed by atoms with E-state index in [1.54, 1.807) is 0 Å². The molecular weight excluding hydrogens is 506 g/mol. The van der Waals surface area contributed by atoms with Gasteiger partial charge in [0.1, 0.15) is 0 Å². The lowest BCUT2D eigenvalue weighted by molar-refractivity contribution is 0.0980. The zero-order chi connectivity index (χ0) is 22.8. The lowest BCUT2D eigenvalue weighted by atomic mass is 10.2. The number of anilines is 1. The van der Waals surface area contributed by atoms with Crippen LogP contribution in [0.5, 0.6) is 0 Å². The van der Waals surface area contributed by atoms with E-state index in [0.717, 1.165) is 0 Å². The molecule has 0 radical (unpaired) electrons. The van der Waals surface area contributed by atoms with Gasteiger partial charge in [-0.3, -0.25) is 9.59 Å². The quantitative estimate of drug-likeness (QED) is 0.456. The van der Waals surface area contributed by atoms with E-state index in [0.29, 0.717) is 15.7 Å². The number of carbonyl (C=O) groups is 2. The second-order valence-electron chi connectivity index (χ2n) is 6.16. The summed E-state index contributed by atoms with van der Waals surface area (Å²) in [7, 11) is -4.18. The number of benzene rings is 3. The predicted molar refractivity (Wildman–Crippen MR) is 122 cm³/mol. The maximum Gasteiger partial charge on any atom is 0.266 e. The maximum atomic E-state index is 12.5. The molecule has 0 saturated heterocycles. The van der Waals surface area contributed by atoms with Crippen LogP contribution in [0, 0.1) is 0 Å². The topological polar surface area (TPSA) is 92.3 Å². The highest BCUT2D eigenvalue weighted by atomic mass is 35.5. The molecule has 3 rings (SSSR count). The summed E-state index contributed by atoms with van der Waals surface area (Å²) in [5.41, 5.74) is 0.482. The number of hydrogen-bond donors (Lipinski definition) is 2. The molecule has 0 aromatic heterocycles. The van der Waals surface area contributed by atoms with E-state index in [1.165, 1.54) is 60.7 Å². The molecule has 6 nitrogen and oxygen atoms in total. The van der Waals surface area contributed by atoms with E-state index in [2.05, 4.69) is 5.32 Å². The Balaban J connectivity index is 1.73. The fourth-order valence-electron chi connectivity index (χ4n) is 2.50. The summed E-state index contributed by atoms with van der Waals surface area (Å²) in [6.07, 6.45) is 0. The summed E-state index contributed by atoms with van der Waals surface area (Å²) in [6, 6.07) is 13.7. The molecule has 3 aromatic rings. The molecule has 0 atom stereocenters. The minimum absolute atomic E-state index is 0.0131. The Kier molecular flexibility index (Phi) is 7.13. The van der Waals surface area contributed by atoms with Crippen molar-refractivity contribution in [3.8, 4) is 0 Å². The third kappa shape index (κ3) is 5.70. The van der Waals surface area contributed by atoms with Crippen molar-refractivity contribution in [2.24, 2.45) is 0 Å². The average Bonchev–Trinajstić information content (AvgIpc) is 2.67. The van der Waals surface area contributed by atoms with Crippen LogP contribution >= 0.6 is 46.4 Å².